The van der Waals surface area contributed by atoms with E-state index in [4.69, 9.17) is 9.47 Å². The summed E-state index contributed by atoms with van der Waals surface area (Å²) in [5.74, 6) is 1.43. The Balaban J connectivity index is 1.76. The highest BCUT2D eigenvalue weighted by atomic mass is 16.5. The van der Waals surface area contributed by atoms with Crippen LogP contribution in [0.3, 0.4) is 0 Å². The Morgan fingerprint density at radius 2 is 1.79 bits per heavy atom. The van der Waals surface area contributed by atoms with Crippen molar-refractivity contribution in [3.8, 4) is 5.75 Å². The molecule has 29 heavy (non-hydrogen) atoms. The highest BCUT2D eigenvalue weighted by Crippen LogP contribution is 2.38. The fraction of sp³-hybridized carbons (Fsp3) is 0.700. The molecule has 1 spiro atoms. The van der Waals surface area contributed by atoms with E-state index in [0.717, 1.165) is 0 Å². The zero-order valence-corrected chi connectivity index (χ0v) is 17.8. The first kappa shape index (κ1) is 21.3. The molecule has 160 valence electrons. The summed E-state index contributed by atoms with van der Waals surface area (Å²) in [6.07, 6.45) is 5.06. The number of hydrogen-bond donors (Lipinski definition) is 0. The number of hydrogen-bond acceptors (Lipinski definition) is 7. The second-order valence-corrected chi connectivity index (χ2v) is 8.03. The molecular formula is C20H31N5O4. The molecule has 2 saturated heterocycles. The first-order chi connectivity index (χ1) is 13.9. The molecule has 9 heteroatoms. The van der Waals surface area contributed by atoms with Crippen LogP contribution in [0.25, 0.3) is 0 Å². The maximum Gasteiger partial charge on any atom is 0.327 e. The standard InChI is InChI=1S/C20H31N5O4/c1-15(2)14-25-19(27)24(8-5-11-28-3)17(26)20(25)6-9-23(10-7-20)18-21-12-16(29-4)13-22-18/h12-13,15H,5-11,14H2,1-4H3. The summed E-state index contributed by atoms with van der Waals surface area (Å²) in [5, 5.41) is 0. The van der Waals surface area contributed by atoms with Crippen molar-refractivity contribution in [3.63, 3.8) is 0 Å². The summed E-state index contributed by atoms with van der Waals surface area (Å²) in [7, 11) is 3.20. The van der Waals surface area contributed by atoms with Gasteiger partial charge in [-0.2, -0.15) is 0 Å². The number of aromatic nitrogens is 2. The summed E-state index contributed by atoms with van der Waals surface area (Å²) in [5.41, 5.74) is -0.766. The number of carbonyl (C=O) groups excluding carboxylic acids is 2. The largest absolute Gasteiger partial charge is 0.494 e. The van der Waals surface area contributed by atoms with Crippen LogP contribution in [0.5, 0.6) is 5.75 Å². The molecule has 0 atom stereocenters. The van der Waals surface area contributed by atoms with Crippen molar-refractivity contribution in [3.05, 3.63) is 12.4 Å². The number of nitrogens with zero attached hydrogens (tertiary/aromatic N) is 5. The number of piperidine rings is 1. The highest BCUT2D eigenvalue weighted by molar-refractivity contribution is 6.07. The second kappa shape index (κ2) is 8.94. The lowest BCUT2D eigenvalue weighted by molar-refractivity contribution is -0.134. The summed E-state index contributed by atoms with van der Waals surface area (Å²) in [4.78, 5) is 40.4. The third kappa shape index (κ3) is 4.14. The molecule has 2 aliphatic heterocycles. The van der Waals surface area contributed by atoms with E-state index in [1.165, 1.54) is 4.90 Å². The van der Waals surface area contributed by atoms with Crippen LogP contribution in [0.4, 0.5) is 10.7 Å². The van der Waals surface area contributed by atoms with Crippen LogP contribution in [-0.4, -0.2) is 84.3 Å². The number of anilines is 1. The third-order valence-corrected chi connectivity index (χ3v) is 5.62. The molecule has 0 radical (unpaired) electrons. The first-order valence-electron chi connectivity index (χ1n) is 10.2. The Morgan fingerprint density at radius 3 is 2.34 bits per heavy atom. The van der Waals surface area contributed by atoms with Crippen LogP contribution in [0.1, 0.15) is 33.1 Å². The maximum absolute atomic E-state index is 13.4. The number of urea groups is 1. The monoisotopic (exact) mass is 405 g/mol. The summed E-state index contributed by atoms with van der Waals surface area (Å²) >= 11 is 0. The predicted octanol–water partition coefficient (Wildman–Crippen LogP) is 1.78. The quantitative estimate of drug-likeness (QED) is 0.481. The Labute approximate surface area is 172 Å². The van der Waals surface area contributed by atoms with Crippen molar-refractivity contribution in [1.29, 1.82) is 0 Å². The van der Waals surface area contributed by atoms with Gasteiger partial charge in [-0.15, -0.1) is 0 Å². The molecule has 0 N–H and O–H groups in total. The predicted molar refractivity (Wildman–Crippen MR) is 108 cm³/mol. The fourth-order valence-corrected chi connectivity index (χ4v) is 4.10. The molecule has 2 fully saturated rings. The fourth-order valence-electron chi connectivity index (χ4n) is 4.10. The van der Waals surface area contributed by atoms with Crippen molar-refractivity contribution in [2.24, 2.45) is 5.92 Å². The first-order valence-corrected chi connectivity index (χ1v) is 10.2. The molecule has 0 unspecified atom stereocenters. The van der Waals surface area contributed by atoms with E-state index >= 15 is 0 Å². The summed E-state index contributed by atoms with van der Waals surface area (Å²) < 4.78 is 10.2. The minimum absolute atomic E-state index is 0.0745. The Morgan fingerprint density at radius 1 is 1.14 bits per heavy atom. The topological polar surface area (TPSA) is 88.1 Å². The average molecular weight is 405 g/mol. The Bertz CT molecular complexity index is 716. The van der Waals surface area contributed by atoms with Crippen molar-refractivity contribution in [2.75, 3.05) is 51.9 Å². The van der Waals surface area contributed by atoms with Crippen molar-refractivity contribution < 1.29 is 19.1 Å². The second-order valence-electron chi connectivity index (χ2n) is 8.03. The van der Waals surface area contributed by atoms with Gasteiger partial charge >= 0.3 is 6.03 Å². The molecule has 1 aromatic heterocycles. The number of carbonyl (C=O) groups is 2. The van der Waals surface area contributed by atoms with Crippen LogP contribution in [-0.2, 0) is 9.53 Å². The van der Waals surface area contributed by atoms with Gasteiger partial charge in [0.15, 0.2) is 5.75 Å². The lowest BCUT2D eigenvalue weighted by atomic mass is 9.85. The zero-order chi connectivity index (χ0) is 21.0. The minimum atomic E-state index is -0.766. The third-order valence-electron chi connectivity index (χ3n) is 5.62. The van der Waals surface area contributed by atoms with Crippen LogP contribution in [0.2, 0.25) is 0 Å². The smallest absolute Gasteiger partial charge is 0.327 e. The van der Waals surface area contributed by atoms with Gasteiger partial charge in [-0.05, 0) is 25.2 Å². The van der Waals surface area contributed by atoms with Crippen LogP contribution in [0, 0.1) is 5.92 Å². The summed E-state index contributed by atoms with van der Waals surface area (Å²) in [6, 6.07) is -0.172. The van der Waals surface area contributed by atoms with E-state index in [2.05, 4.69) is 28.7 Å². The van der Waals surface area contributed by atoms with E-state index in [-0.39, 0.29) is 17.9 Å². The molecule has 2 aliphatic rings. The van der Waals surface area contributed by atoms with Crippen molar-refractivity contribution >= 4 is 17.9 Å². The van der Waals surface area contributed by atoms with Crippen LogP contribution >= 0.6 is 0 Å². The van der Waals surface area contributed by atoms with Gasteiger partial charge < -0.3 is 19.3 Å². The average Bonchev–Trinajstić information content (AvgIpc) is 2.91. The van der Waals surface area contributed by atoms with E-state index in [9.17, 15) is 9.59 Å². The van der Waals surface area contributed by atoms with Gasteiger partial charge in [-0.25, -0.2) is 14.8 Å². The molecular weight excluding hydrogens is 374 g/mol. The number of methoxy groups -OCH3 is 2. The molecule has 3 rings (SSSR count). The molecule has 0 aromatic carbocycles. The highest BCUT2D eigenvalue weighted by Gasteiger charge is 2.57. The van der Waals surface area contributed by atoms with Crippen molar-refractivity contribution in [1.82, 2.24) is 19.8 Å². The van der Waals surface area contributed by atoms with E-state index < -0.39 is 5.54 Å². The lowest BCUT2D eigenvalue weighted by Crippen LogP contribution is -2.57. The number of imide groups is 1. The zero-order valence-electron chi connectivity index (χ0n) is 17.8. The molecule has 0 bridgehead atoms. The van der Waals surface area contributed by atoms with Gasteiger partial charge in [-0.1, -0.05) is 13.8 Å². The van der Waals surface area contributed by atoms with Gasteiger partial charge in [0.2, 0.25) is 5.95 Å². The van der Waals surface area contributed by atoms with E-state index in [0.29, 0.717) is 63.7 Å². The molecule has 3 heterocycles. The van der Waals surface area contributed by atoms with Crippen LogP contribution in [0.15, 0.2) is 12.4 Å². The van der Waals surface area contributed by atoms with Crippen molar-refractivity contribution in [2.45, 2.75) is 38.6 Å². The number of amides is 3. The van der Waals surface area contributed by atoms with Gasteiger partial charge in [0, 0.05) is 39.9 Å². The normalized spacial score (nSPS) is 19.0. The lowest BCUT2D eigenvalue weighted by Gasteiger charge is -2.42. The molecule has 0 saturated carbocycles. The van der Waals surface area contributed by atoms with Gasteiger partial charge in [0.1, 0.15) is 5.54 Å². The number of rotatable bonds is 8. The number of ether oxygens (including phenoxy) is 2. The SMILES string of the molecule is COCCCN1C(=O)N(CC(C)C)C2(CCN(c3ncc(OC)cn3)CC2)C1=O. The molecule has 3 amide bonds. The molecule has 1 aromatic rings. The Kier molecular flexibility index (Phi) is 6.56. The van der Waals surface area contributed by atoms with Gasteiger partial charge in [0.05, 0.1) is 19.5 Å². The van der Waals surface area contributed by atoms with Crippen LogP contribution < -0.4 is 9.64 Å². The summed E-state index contributed by atoms with van der Waals surface area (Å²) in [6.45, 7) is 6.87. The molecule has 9 nitrogen and oxygen atoms in total. The molecule has 0 aliphatic carbocycles. The Hall–Kier alpha value is -2.42. The maximum atomic E-state index is 13.4. The van der Waals surface area contributed by atoms with E-state index in [1.807, 2.05) is 0 Å². The minimum Gasteiger partial charge on any atom is -0.494 e. The van der Waals surface area contributed by atoms with Gasteiger partial charge in [-0.3, -0.25) is 9.69 Å². The van der Waals surface area contributed by atoms with Gasteiger partial charge in [0.25, 0.3) is 5.91 Å². The van der Waals surface area contributed by atoms with E-state index in [1.54, 1.807) is 31.5 Å².